The van der Waals surface area contributed by atoms with E-state index in [1.807, 2.05) is 6.92 Å². The smallest absolute Gasteiger partial charge is 0.344 e. The van der Waals surface area contributed by atoms with E-state index in [-0.39, 0.29) is 5.69 Å². The summed E-state index contributed by atoms with van der Waals surface area (Å²) in [6.07, 6.45) is 0. The average Bonchev–Trinajstić information content (AvgIpc) is 2.56. The summed E-state index contributed by atoms with van der Waals surface area (Å²) >= 11 is 5.94. The first-order valence-corrected chi connectivity index (χ1v) is 7.42. The van der Waals surface area contributed by atoms with E-state index in [0.717, 1.165) is 5.56 Å². The number of anilines is 1. The molecule has 0 saturated heterocycles. The molecule has 0 atom stereocenters. The summed E-state index contributed by atoms with van der Waals surface area (Å²) in [6.45, 7) is 0.919. The van der Waals surface area contributed by atoms with E-state index in [4.69, 9.17) is 21.1 Å². The molecule has 1 N–H and O–H groups in total. The highest BCUT2D eigenvalue weighted by Gasteiger charge is 2.11. The van der Waals surface area contributed by atoms with Crippen LogP contribution in [0.1, 0.15) is 5.56 Å². The fourth-order valence-corrected chi connectivity index (χ4v) is 1.97. The molecule has 7 heteroatoms. The molecule has 0 bridgehead atoms. The van der Waals surface area contributed by atoms with E-state index in [2.05, 4.69) is 5.32 Å². The lowest BCUT2D eigenvalue weighted by atomic mass is 10.2. The van der Waals surface area contributed by atoms with Crippen molar-refractivity contribution in [3.05, 3.63) is 58.9 Å². The molecule has 0 aromatic heterocycles. The number of rotatable bonds is 6. The van der Waals surface area contributed by atoms with Crippen molar-refractivity contribution in [2.45, 2.75) is 6.92 Å². The maximum Gasteiger partial charge on any atom is 0.344 e. The first-order valence-electron chi connectivity index (χ1n) is 7.04. The van der Waals surface area contributed by atoms with Gasteiger partial charge in [-0.25, -0.2) is 9.18 Å². The molecule has 0 saturated carbocycles. The van der Waals surface area contributed by atoms with Crippen LogP contribution in [0.3, 0.4) is 0 Å². The summed E-state index contributed by atoms with van der Waals surface area (Å²) in [7, 11) is 0. The molecule has 2 aromatic carbocycles. The summed E-state index contributed by atoms with van der Waals surface area (Å²) in [6, 6.07) is 10.8. The van der Waals surface area contributed by atoms with Crippen molar-refractivity contribution in [3.63, 3.8) is 0 Å². The first-order chi connectivity index (χ1) is 11.5. The molecule has 0 heterocycles. The van der Waals surface area contributed by atoms with Gasteiger partial charge in [-0.3, -0.25) is 4.79 Å². The average molecular weight is 352 g/mol. The Balaban J connectivity index is 1.77. The van der Waals surface area contributed by atoms with Crippen LogP contribution in [-0.2, 0) is 14.3 Å². The largest absolute Gasteiger partial charge is 0.480 e. The van der Waals surface area contributed by atoms with E-state index >= 15 is 0 Å². The van der Waals surface area contributed by atoms with E-state index in [1.165, 1.54) is 18.2 Å². The number of hydrogen-bond donors (Lipinski definition) is 1. The molecule has 0 radical (unpaired) electrons. The summed E-state index contributed by atoms with van der Waals surface area (Å²) < 4.78 is 23.4. The zero-order valence-corrected chi connectivity index (χ0v) is 13.6. The second-order valence-electron chi connectivity index (χ2n) is 4.91. The van der Waals surface area contributed by atoms with Gasteiger partial charge in [0.15, 0.2) is 13.2 Å². The van der Waals surface area contributed by atoms with Gasteiger partial charge in [0.25, 0.3) is 5.91 Å². The van der Waals surface area contributed by atoms with E-state index in [0.29, 0.717) is 10.8 Å². The predicted octanol–water partition coefficient (Wildman–Crippen LogP) is 3.35. The number of para-hydroxylation sites is 1. The number of halogens is 2. The van der Waals surface area contributed by atoms with Gasteiger partial charge in [0.2, 0.25) is 0 Å². The topological polar surface area (TPSA) is 64.6 Å². The zero-order chi connectivity index (χ0) is 17.5. The number of nitrogens with one attached hydrogen (secondary N) is 1. The Morgan fingerprint density at radius 1 is 1.17 bits per heavy atom. The standard InChI is InChI=1S/C17H15ClFNO4/c1-11-6-7-12(18)15(8-11)23-10-17(22)24-9-16(21)20-14-5-3-2-4-13(14)19/h2-8H,9-10H2,1H3,(H,20,21). The van der Waals surface area contributed by atoms with Crippen LogP contribution < -0.4 is 10.1 Å². The third-order valence-electron chi connectivity index (χ3n) is 2.94. The fraction of sp³-hybridized carbons (Fsp3) is 0.176. The van der Waals surface area contributed by atoms with Crippen molar-refractivity contribution < 1.29 is 23.5 Å². The molecule has 0 unspecified atom stereocenters. The SMILES string of the molecule is Cc1ccc(Cl)c(OCC(=O)OCC(=O)Nc2ccccc2F)c1. The highest BCUT2D eigenvalue weighted by atomic mass is 35.5. The van der Waals surface area contributed by atoms with Gasteiger partial charge in [0, 0.05) is 0 Å². The van der Waals surface area contributed by atoms with Gasteiger partial charge < -0.3 is 14.8 Å². The summed E-state index contributed by atoms with van der Waals surface area (Å²) in [4.78, 5) is 23.2. The molecule has 2 aromatic rings. The van der Waals surface area contributed by atoms with Crippen molar-refractivity contribution in [2.75, 3.05) is 18.5 Å². The van der Waals surface area contributed by atoms with Crippen LogP contribution in [0.5, 0.6) is 5.75 Å². The van der Waals surface area contributed by atoms with Crippen LogP contribution in [-0.4, -0.2) is 25.1 Å². The number of esters is 1. The van der Waals surface area contributed by atoms with Crippen molar-refractivity contribution in [2.24, 2.45) is 0 Å². The maximum atomic E-state index is 13.4. The van der Waals surface area contributed by atoms with Crippen molar-refractivity contribution in [3.8, 4) is 5.75 Å². The second-order valence-corrected chi connectivity index (χ2v) is 5.32. The molecule has 5 nitrogen and oxygen atoms in total. The molecule has 0 fully saturated rings. The minimum atomic E-state index is -0.740. The number of benzene rings is 2. The number of ether oxygens (including phenoxy) is 2. The number of hydrogen-bond acceptors (Lipinski definition) is 4. The quantitative estimate of drug-likeness (QED) is 0.811. The monoisotopic (exact) mass is 351 g/mol. The number of carbonyl (C=O) groups is 2. The number of carbonyl (C=O) groups excluding carboxylic acids is 2. The molecule has 126 valence electrons. The Hall–Kier alpha value is -2.60. The Morgan fingerprint density at radius 3 is 2.67 bits per heavy atom. The Kier molecular flexibility index (Phi) is 6.14. The number of aryl methyl sites for hydroxylation is 1. The summed E-state index contributed by atoms with van der Waals surface area (Å²) in [5, 5.41) is 2.67. The molecule has 0 aliphatic heterocycles. The van der Waals surface area contributed by atoms with Crippen LogP contribution in [0, 0.1) is 12.7 Å². The van der Waals surface area contributed by atoms with Crippen molar-refractivity contribution >= 4 is 29.2 Å². The first kappa shape index (κ1) is 17.7. The highest BCUT2D eigenvalue weighted by Crippen LogP contribution is 2.25. The maximum absolute atomic E-state index is 13.4. The van der Waals surface area contributed by atoms with E-state index in [9.17, 15) is 14.0 Å². The third kappa shape index (κ3) is 5.24. The van der Waals surface area contributed by atoms with E-state index in [1.54, 1.807) is 24.3 Å². The van der Waals surface area contributed by atoms with Crippen LogP contribution in [0.2, 0.25) is 5.02 Å². The molecular weight excluding hydrogens is 337 g/mol. The summed E-state index contributed by atoms with van der Waals surface area (Å²) in [5.41, 5.74) is 0.938. The van der Waals surface area contributed by atoms with Crippen molar-refractivity contribution in [1.82, 2.24) is 0 Å². The fourth-order valence-electron chi connectivity index (χ4n) is 1.79. The third-order valence-corrected chi connectivity index (χ3v) is 3.26. The lowest BCUT2D eigenvalue weighted by Crippen LogP contribution is -2.24. The Bertz CT molecular complexity index is 751. The molecule has 0 aliphatic rings. The minimum Gasteiger partial charge on any atom is -0.480 e. The van der Waals surface area contributed by atoms with Gasteiger partial charge >= 0.3 is 5.97 Å². The molecule has 0 spiro atoms. The van der Waals surface area contributed by atoms with Gasteiger partial charge in [0.05, 0.1) is 10.7 Å². The molecular formula is C17H15ClFNO4. The summed E-state index contributed by atoms with van der Waals surface area (Å²) in [5.74, 6) is -1.61. The molecule has 1 amide bonds. The zero-order valence-electron chi connectivity index (χ0n) is 12.8. The van der Waals surface area contributed by atoms with Crippen LogP contribution in [0.4, 0.5) is 10.1 Å². The lowest BCUT2D eigenvalue weighted by molar-refractivity contribution is -0.149. The van der Waals surface area contributed by atoms with E-state index < -0.39 is 30.9 Å². The molecule has 24 heavy (non-hydrogen) atoms. The normalized spacial score (nSPS) is 10.1. The minimum absolute atomic E-state index is 0.0151. The Labute approximate surface area is 143 Å². The van der Waals surface area contributed by atoms with Gasteiger partial charge in [-0.2, -0.15) is 0 Å². The van der Waals surface area contributed by atoms with Crippen molar-refractivity contribution in [1.29, 1.82) is 0 Å². The molecule has 2 rings (SSSR count). The van der Waals surface area contributed by atoms with Gasteiger partial charge in [0.1, 0.15) is 11.6 Å². The van der Waals surface area contributed by atoms with Gasteiger partial charge in [-0.1, -0.05) is 29.8 Å². The van der Waals surface area contributed by atoms with Crippen LogP contribution in [0.25, 0.3) is 0 Å². The van der Waals surface area contributed by atoms with Crippen LogP contribution >= 0.6 is 11.6 Å². The Morgan fingerprint density at radius 2 is 1.92 bits per heavy atom. The predicted molar refractivity (Wildman–Crippen MR) is 87.7 cm³/mol. The number of amides is 1. The molecule has 0 aliphatic carbocycles. The van der Waals surface area contributed by atoms with Gasteiger partial charge in [-0.05, 0) is 36.8 Å². The second kappa shape index (κ2) is 8.31. The van der Waals surface area contributed by atoms with Gasteiger partial charge in [-0.15, -0.1) is 0 Å². The van der Waals surface area contributed by atoms with Crippen LogP contribution in [0.15, 0.2) is 42.5 Å². The highest BCUT2D eigenvalue weighted by molar-refractivity contribution is 6.32. The lowest BCUT2D eigenvalue weighted by Gasteiger charge is -2.09.